The Labute approximate surface area is 108 Å². The number of amides is 1. The zero-order chi connectivity index (χ0) is 11.7. The van der Waals surface area contributed by atoms with Crippen molar-refractivity contribution in [3.05, 3.63) is 20.8 Å². The molecule has 0 saturated carbocycles. The fraction of sp³-hybridized carbons (Fsp3) is 0.545. The van der Waals surface area contributed by atoms with E-state index in [4.69, 9.17) is 5.73 Å². The van der Waals surface area contributed by atoms with Gasteiger partial charge in [0.2, 0.25) is 0 Å². The van der Waals surface area contributed by atoms with E-state index in [0.717, 1.165) is 28.9 Å². The van der Waals surface area contributed by atoms with E-state index in [0.29, 0.717) is 5.92 Å². The molecule has 2 N–H and O–H groups in total. The first-order valence-corrected chi connectivity index (χ1v) is 7.04. The van der Waals surface area contributed by atoms with Crippen LogP contribution in [0.15, 0.2) is 15.9 Å². The van der Waals surface area contributed by atoms with Gasteiger partial charge >= 0.3 is 0 Å². The monoisotopic (exact) mass is 302 g/mol. The lowest BCUT2D eigenvalue weighted by Crippen LogP contribution is -2.48. The highest BCUT2D eigenvalue weighted by Gasteiger charge is 2.28. The Morgan fingerprint density at radius 3 is 3.00 bits per heavy atom. The van der Waals surface area contributed by atoms with Gasteiger partial charge < -0.3 is 10.6 Å². The lowest BCUT2D eigenvalue weighted by Gasteiger charge is -2.34. The predicted octanol–water partition coefficient (Wildman–Crippen LogP) is 2.32. The van der Waals surface area contributed by atoms with Crippen LogP contribution in [0.3, 0.4) is 0 Å². The van der Waals surface area contributed by atoms with E-state index in [1.165, 1.54) is 11.3 Å². The molecule has 0 spiro atoms. The van der Waals surface area contributed by atoms with Gasteiger partial charge in [0.05, 0.1) is 0 Å². The van der Waals surface area contributed by atoms with Crippen molar-refractivity contribution in [1.29, 1.82) is 0 Å². The van der Waals surface area contributed by atoms with Gasteiger partial charge in [-0.25, -0.2) is 0 Å². The van der Waals surface area contributed by atoms with Crippen molar-refractivity contribution in [1.82, 2.24) is 4.90 Å². The molecule has 1 fully saturated rings. The van der Waals surface area contributed by atoms with E-state index in [-0.39, 0.29) is 11.9 Å². The average molecular weight is 303 g/mol. The first-order valence-electron chi connectivity index (χ1n) is 5.37. The molecule has 0 aliphatic carbocycles. The Kier molecular flexibility index (Phi) is 3.66. The summed E-state index contributed by atoms with van der Waals surface area (Å²) >= 11 is 4.88. The molecule has 0 aromatic carbocycles. The summed E-state index contributed by atoms with van der Waals surface area (Å²) in [6, 6.07) is 2.15. The van der Waals surface area contributed by atoms with E-state index >= 15 is 0 Å². The second kappa shape index (κ2) is 4.85. The molecule has 1 aromatic rings. The quantitative estimate of drug-likeness (QED) is 0.865. The Hall–Kier alpha value is -0.390. The summed E-state index contributed by atoms with van der Waals surface area (Å²) < 4.78 is 0.894. The minimum absolute atomic E-state index is 0.126. The van der Waals surface area contributed by atoms with Crippen LogP contribution in [0.1, 0.15) is 23.0 Å². The Balaban J connectivity index is 2.09. The number of likely N-dealkylation sites (tertiary alicyclic amines) is 1. The highest BCUT2D eigenvalue weighted by molar-refractivity contribution is 9.10. The third-order valence-corrected chi connectivity index (χ3v) is 4.90. The molecular weight excluding hydrogens is 288 g/mol. The Morgan fingerprint density at radius 1 is 1.69 bits per heavy atom. The normalized spacial score (nSPS) is 25.8. The van der Waals surface area contributed by atoms with Gasteiger partial charge in [0.25, 0.3) is 5.91 Å². The number of nitrogens with zero attached hydrogens (tertiary/aromatic N) is 1. The molecule has 2 atom stereocenters. The maximum Gasteiger partial charge on any atom is 0.265 e. The molecule has 2 rings (SSSR count). The average Bonchev–Trinajstić information content (AvgIpc) is 2.67. The van der Waals surface area contributed by atoms with Gasteiger partial charge in [0.1, 0.15) is 4.88 Å². The summed E-state index contributed by atoms with van der Waals surface area (Å²) in [4.78, 5) is 14.9. The molecular formula is C11H15BrN2OS. The second-order valence-electron chi connectivity index (χ2n) is 4.28. The van der Waals surface area contributed by atoms with Crippen LogP contribution >= 0.6 is 27.3 Å². The van der Waals surface area contributed by atoms with Gasteiger partial charge in [-0.3, -0.25) is 4.79 Å². The van der Waals surface area contributed by atoms with Crippen LogP contribution in [0.2, 0.25) is 0 Å². The smallest absolute Gasteiger partial charge is 0.265 e. The largest absolute Gasteiger partial charge is 0.338 e. The maximum absolute atomic E-state index is 12.2. The minimum Gasteiger partial charge on any atom is -0.338 e. The number of piperidine rings is 1. The highest BCUT2D eigenvalue weighted by Crippen LogP contribution is 2.26. The molecule has 16 heavy (non-hydrogen) atoms. The highest BCUT2D eigenvalue weighted by atomic mass is 79.9. The van der Waals surface area contributed by atoms with E-state index < -0.39 is 0 Å². The van der Waals surface area contributed by atoms with Gasteiger partial charge in [-0.2, -0.15) is 0 Å². The molecule has 1 aromatic heterocycles. The number of hydrogen-bond acceptors (Lipinski definition) is 3. The van der Waals surface area contributed by atoms with E-state index in [2.05, 4.69) is 22.9 Å². The number of carbonyl (C=O) groups is 1. The Bertz CT molecular complexity index is 393. The number of halogens is 1. The summed E-state index contributed by atoms with van der Waals surface area (Å²) in [7, 11) is 0. The molecule has 2 unspecified atom stereocenters. The van der Waals surface area contributed by atoms with E-state index in [1.807, 2.05) is 16.3 Å². The standard InChI is InChI=1S/C11H15BrN2OS/c1-7-6-14(4-2-9(7)13)11(15)10-8(12)3-5-16-10/h3,5,7,9H,2,4,6,13H2,1H3. The van der Waals surface area contributed by atoms with Crippen molar-refractivity contribution in [3.8, 4) is 0 Å². The zero-order valence-electron chi connectivity index (χ0n) is 9.15. The zero-order valence-corrected chi connectivity index (χ0v) is 11.6. The van der Waals surface area contributed by atoms with Crippen LogP contribution in [0, 0.1) is 5.92 Å². The predicted molar refractivity (Wildman–Crippen MR) is 69.7 cm³/mol. The lowest BCUT2D eigenvalue weighted by molar-refractivity contribution is 0.0668. The number of carbonyl (C=O) groups excluding carboxylic acids is 1. The second-order valence-corrected chi connectivity index (χ2v) is 6.05. The molecule has 5 heteroatoms. The third kappa shape index (κ3) is 2.31. The Morgan fingerprint density at radius 2 is 2.44 bits per heavy atom. The number of nitrogens with two attached hydrogens (primary N) is 1. The summed E-state index contributed by atoms with van der Waals surface area (Å²) in [5.74, 6) is 0.511. The fourth-order valence-corrected chi connectivity index (χ4v) is 3.45. The van der Waals surface area contributed by atoms with Gasteiger partial charge in [0.15, 0.2) is 0 Å². The van der Waals surface area contributed by atoms with Crippen molar-refractivity contribution in [2.75, 3.05) is 13.1 Å². The molecule has 1 aliphatic rings. The third-order valence-electron chi connectivity index (χ3n) is 3.07. The van der Waals surface area contributed by atoms with Crippen molar-refractivity contribution in [3.63, 3.8) is 0 Å². The van der Waals surface area contributed by atoms with Gasteiger partial charge in [-0.1, -0.05) is 6.92 Å². The minimum atomic E-state index is 0.126. The molecule has 1 saturated heterocycles. The molecule has 3 nitrogen and oxygen atoms in total. The molecule has 0 bridgehead atoms. The van der Waals surface area contributed by atoms with Crippen LogP contribution in [-0.4, -0.2) is 29.9 Å². The summed E-state index contributed by atoms with van der Waals surface area (Å²) in [6.45, 7) is 3.65. The van der Waals surface area contributed by atoms with Gasteiger partial charge in [-0.05, 0) is 39.7 Å². The first-order chi connectivity index (χ1) is 7.59. The molecule has 1 aliphatic heterocycles. The van der Waals surface area contributed by atoms with Gasteiger partial charge in [-0.15, -0.1) is 11.3 Å². The summed E-state index contributed by atoms with van der Waals surface area (Å²) in [5, 5.41) is 1.93. The maximum atomic E-state index is 12.2. The van der Waals surface area contributed by atoms with Crippen LogP contribution in [0.5, 0.6) is 0 Å². The van der Waals surface area contributed by atoms with Gasteiger partial charge in [0, 0.05) is 23.6 Å². The van der Waals surface area contributed by atoms with Crippen molar-refractivity contribution >= 4 is 33.2 Å². The summed E-state index contributed by atoms with van der Waals surface area (Å²) in [5.41, 5.74) is 5.94. The van der Waals surface area contributed by atoms with Crippen LogP contribution in [-0.2, 0) is 0 Å². The van der Waals surface area contributed by atoms with Crippen molar-refractivity contribution in [2.24, 2.45) is 11.7 Å². The molecule has 2 heterocycles. The van der Waals surface area contributed by atoms with Crippen LogP contribution < -0.4 is 5.73 Å². The number of thiophene rings is 1. The molecule has 88 valence electrons. The fourth-order valence-electron chi connectivity index (χ4n) is 1.94. The van der Waals surface area contributed by atoms with E-state index in [9.17, 15) is 4.79 Å². The summed E-state index contributed by atoms with van der Waals surface area (Å²) in [6.07, 6.45) is 0.899. The SMILES string of the molecule is CC1CN(C(=O)c2sccc2Br)CCC1N. The van der Waals surface area contributed by atoms with E-state index in [1.54, 1.807) is 0 Å². The van der Waals surface area contributed by atoms with Crippen molar-refractivity contribution < 1.29 is 4.79 Å². The topological polar surface area (TPSA) is 46.3 Å². The first kappa shape index (κ1) is 12.1. The number of hydrogen-bond donors (Lipinski definition) is 1. The molecule has 1 amide bonds. The van der Waals surface area contributed by atoms with Crippen LogP contribution in [0.25, 0.3) is 0 Å². The lowest BCUT2D eigenvalue weighted by atomic mass is 9.95. The van der Waals surface area contributed by atoms with Crippen molar-refractivity contribution in [2.45, 2.75) is 19.4 Å². The molecule has 0 radical (unpaired) electrons. The van der Waals surface area contributed by atoms with Crippen LogP contribution in [0.4, 0.5) is 0 Å². The number of rotatable bonds is 1.